The predicted molar refractivity (Wildman–Crippen MR) is 101 cm³/mol. The number of fused-ring (bicyclic) bond motifs is 1. The van der Waals surface area contributed by atoms with Crippen LogP contribution in [0.2, 0.25) is 0 Å². The average molecular weight is 400 g/mol. The summed E-state index contributed by atoms with van der Waals surface area (Å²) in [6, 6.07) is 4.18. The number of nitrogens with one attached hydrogen (secondary N) is 4. The van der Waals surface area contributed by atoms with Gasteiger partial charge in [0, 0.05) is 18.1 Å². The zero-order valence-corrected chi connectivity index (χ0v) is 15.3. The molecule has 0 radical (unpaired) electrons. The lowest BCUT2D eigenvalue weighted by atomic mass is 9.94. The van der Waals surface area contributed by atoms with Crippen molar-refractivity contribution in [2.45, 2.75) is 18.8 Å². The maximum atomic E-state index is 13.9. The summed E-state index contributed by atoms with van der Waals surface area (Å²) in [6.45, 7) is 1.65. The molecule has 150 valence electrons. The van der Waals surface area contributed by atoms with Crippen molar-refractivity contribution in [3.8, 4) is 0 Å². The van der Waals surface area contributed by atoms with Gasteiger partial charge in [-0.25, -0.2) is 13.3 Å². The normalized spacial score (nSPS) is 14.8. The predicted octanol–water partition coefficient (Wildman–Crippen LogP) is 1.52. The minimum absolute atomic E-state index is 0.0464. The fourth-order valence-electron chi connectivity index (χ4n) is 3.53. The Balaban J connectivity index is 1.65. The van der Waals surface area contributed by atoms with Crippen molar-refractivity contribution in [1.29, 1.82) is 5.41 Å². The summed E-state index contributed by atoms with van der Waals surface area (Å²) in [4.78, 5) is 27.4. The van der Waals surface area contributed by atoms with Crippen LogP contribution in [-0.2, 0) is 0 Å². The number of aromatic nitrogens is 3. The van der Waals surface area contributed by atoms with E-state index in [9.17, 15) is 18.4 Å². The lowest BCUT2D eigenvalue weighted by Crippen LogP contribution is -2.31. The Hall–Kier alpha value is -3.40. The second kappa shape index (κ2) is 7.55. The van der Waals surface area contributed by atoms with Gasteiger partial charge in [-0.2, -0.15) is 5.10 Å². The van der Waals surface area contributed by atoms with Crippen LogP contribution in [0.1, 0.15) is 40.4 Å². The second-order valence-corrected chi connectivity index (χ2v) is 6.85. The van der Waals surface area contributed by atoms with Gasteiger partial charge in [-0.15, -0.1) is 0 Å². The molecule has 4 rings (SSSR count). The zero-order valence-electron chi connectivity index (χ0n) is 15.3. The fourth-order valence-corrected chi connectivity index (χ4v) is 3.53. The van der Waals surface area contributed by atoms with Gasteiger partial charge in [-0.1, -0.05) is 0 Å². The molecular formula is C19H18F2N6O2. The van der Waals surface area contributed by atoms with Gasteiger partial charge in [-0.3, -0.25) is 15.0 Å². The van der Waals surface area contributed by atoms with Crippen molar-refractivity contribution in [3.63, 3.8) is 0 Å². The number of H-pyrrole nitrogens is 1. The summed E-state index contributed by atoms with van der Waals surface area (Å²) in [7, 11) is 0. The molecule has 29 heavy (non-hydrogen) atoms. The van der Waals surface area contributed by atoms with Gasteiger partial charge in [0.2, 0.25) is 0 Å². The molecule has 4 N–H and O–H groups in total. The van der Waals surface area contributed by atoms with Crippen molar-refractivity contribution < 1.29 is 13.6 Å². The molecule has 1 aliphatic rings. The summed E-state index contributed by atoms with van der Waals surface area (Å²) in [5, 5.41) is 17.7. The van der Waals surface area contributed by atoms with Gasteiger partial charge in [0.05, 0.1) is 17.5 Å². The topological polar surface area (TPSA) is 115 Å². The summed E-state index contributed by atoms with van der Waals surface area (Å²) < 4.78 is 28.4. The molecule has 1 fully saturated rings. The highest BCUT2D eigenvalue weighted by molar-refractivity contribution is 6.13. The standard InChI is InChI=1S/C19H18F2N6O2/c20-11-1-2-12(14(21)7-11)17(22)26-19(29)13-9-24-27-15(8-16(28)25-18(13)27)10-3-5-23-6-4-10/h1-2,7-10,23H,3-6H2,(H,25,28)(H2,22,26,29). The molecule has 2 aromatic heterocycles. The fraction of sp³-hybridized carbons (Fsp3) is 0.263. The lowest BCUT2D eigenvalue weighted by Gasteiger charge is -2.23. The van der Waals surface area contributed by atoms with E-state index in [1.54, 1.807) is 0 Å². The second-order valence-electron chi connectivity index (χ2n) is 6.85. The van der Waals surface area contributed by atoms with Gasteiger partial charge >= 0.3 is 0 Å². The minimum Gasteiger partial charge on any atom is -0.317 e. The summed E-state index contributed by atoms with van der Waals surface area (Å²) >= 11 is 0. The Morgan fingerprint density at radius 2 is 1.97 bits per heavy atom. The number of piperidine rings is 1. The summed E-state index contributed by atoms with van der Waals surface area (Å²) in [5.41, 5.74) is 0.352. The van der Waals surface area contributed by atoms with Crippen LogP contribution in [0.4, 0.5) is 8.78 Å². The highest BCUT2D eigenvalue weighted by Gasteiger charge is 2.23. The number of halogens is 2. The number of hydrogen-bond donors (Lipinski definition) is 4. The molecule has 0 spiro atoms. The van der Waals surface area contributed by atoms with Gasteiger partial charge < -0.3 is 15.6 Å². The number of carbonyl (C=O) groups is 1. The Bertz CT molecular complexity index is 1160. The van der Waals surface area contributed by atoms with E-state index < -0.39 is 23.4 Å². The molecule has 1 aromatic carbocycles. The number of carbonyl (C=O) groups excluding carboxylic acids is 1. The Kier molecular flexibility index (Phi) is 4.93. The quantitative estimate of drug-likeness (QED) is 0.394. The average Bonchev–Trinajstić information content (AvgIpc) is 3.11. The molecule has 0 atom stereocenters. The summed E-state index contributed by atoms with van der Waals surface area (Å²) in [5.74, 6) is -2.87. The number of rotatable bonds is 3. The number of benzene rings is 1. The Morgan fingerprint density at radius 1 is 1.21 bits per heavy atom. The van der Waals surface area contributed by atoms with Gasteiger partial charge in [0.25, 0.3) is 11.5 Å². The first-order valence-corrected chi connectivity index (χ1v) is 9.11. The molecule has 0 bridgehead atoms. The Morgan fingerprint density at radius 3 is 2.69 bits per heavy atom. The van der Waals surface area contributed by atoms with E-state index in [1.165, 1.54) is 16.8 Å². The molecular weight excluding hydrogens is 382 g/mol. The number of aromatic amines is 1. The van der Waals surface area contributed by atoms with E-state index in [4.69, 9.17) is 5.41 Å². The van der Waals surface area contributed by atoms with Crippen LogP contribution in [0, 0.1) is 17.0 Å². The van der Waals surface area contributed by atoms with E-state index in [2.05, 4.69) is 20.7 Å². The van der Waals surface area contributed by atoms with Crippen LogP contribution in [0.3, 0.4) is 0 Å². The number of nitrogens with zero attached hydrogens (tertiary/aromatic N) is 2. The van der Waals surface area contributed by atoms with E-state index in [1.807, 2.05) is 0 Å². The molecule has 3 aromatic rings. The third-order valence-electron chi connectivity index (χ3n) is 4.98. The number of amidine groups is 1. The van der Waals surface area contributed by atoms with E-state index in [0.29, 0.717) is 11.8 Å². The van der Waals surface area contributed by atoms with Gasteiger partial charge in [0.1, 0.15) is 28.7 Å². The van der Waals surface area contributed by atoms with Crippen LogP contribution in [0.25, 0.3) is 5.65 Å². The maximum absolute atomic E-state index is 13.9. The van der Waals surface area contributed by atoms with Crippen LogP contribution < -0.4 is 16.2 Å². The molecule has 8 nitrogen and oxygen atoms in total. The monoisotopic (exact) mass is 400 g/mol. The molecule has 3 heterocycles. The minimum atomic E-state index is -0.961. The van der Waals surface area contributed by atoms with Crippen molar-refractivity contribution in [1.82, 2.24) is 25.2 Å². The molecule has 0 saturated carbocycles. The first-order chi connectivity index (χ1) is 13.9. The largest absolute Gasteiger partial charge is 0.317 e. The molecule has 1 amide bonds. The molecule has 1 aliphatic heterocycles. The maximum Gasteiger partial charge on any atom is 0.262 e. The first-order valence-electron chi connectivity index (χ1n) is 9.11. The third kappa shape index (κ3) is 3.66. The third-order valence-corrected chi connectivity index (χ3v) is 4.98. The van der Waals surface area contributed by atoms with E-state index in [0.717, 1.165) is 38.1 Å². The Labute approximate surface area is 163 Å². The highest BCUT2D eigenvalue weighted by Crippen LogP contribution is 2.25. The van der Waals surface area contributed by atoms with E-state index >= 15 is 0 Å². The highest BCUT2D eigenvalue weighted by atomic mass is 19.1. The zero-order chi connectivity index (χ0) is 20.5. The molecule has 0 unspecified atom stereocenters. The van der Waals surface area contributed by atoms with Crippen LogP contribution in [0.15, 0.2) is 35.3 Å². The number of amides is 1. The van der Waals surface area contributed by atoms with E-state index in [-0.39, 0.29) is 28.3 Å². The van der Waals surface area contributed by atoms with Gasteiger partial charge in [0.15, 0.2) is 0 Å². The smallest absolute Gasteiger partial charge is 0.262 e. The van der Waals surface area contributed by atoms with Crippen molar-refractivity contribution in [2.75, 3.05) is 13.1 Å². The molecule has 0 aliphatic carbocycles. The first kappa shape index (κ1) is 18.9. The summed E-state index contributed by atoms with van der Waals surface area (Å²) in [6.07, 6.45) is 2.97. The SMILES string of the molecule is N=C(NC(=O)c1cnn2c(C3CCNCC3)cc(=O)[nH]c12)c1ccc(F)cc1F. The van der Waals surface area contributed by atoms with Crippen LogP contribution >= 0.6 is 0 Å². The van der Waals surface area contributed by atoms with Crippen LogP contribution in [-0.4, -0.2) is 39.4 Å². The van der Waals surface area contributed by atoms with Crippen molar-refractivity contribution in [2.24, 2.45) is 0 Å². The van der Waals surface area contributed by atoms with Crippen molar-refractivity contribution >= 4 is 17.4 Å². The molecule has 10 heteroatoms. The van der Waals surface area contributed by atoms with Crippen molar-refractivity contribution in [3.05, 3.63) is 69.3 Å². The number of hydrogen-bond acceptors (Lipinski definition) is 5. The van der Waals surface area contributed by atoms with Crippen LogP contribution in [0.5, 0.6) is 0 Å². The van der Waals surface area contributed by atoms with Gasteiger partial charge in [-0.05, 0) is 38.1 Å². The molecule has 1 saturated heterocycles. The lowest BCUT2D eigenvalue weighted by molar-refractivity contribution is 0.0978.